The molecule has 0 bridgehead atoms. The van der Waals surface area contributed by atoms with Gasteiger partial charge in [0.1, 0.15) is 11.9 Å². The van der Waals surface area contributed by atoms with Crippen LogP contribution in [0, 0.1) is 11.8 Å². The molecule has 1 aromatic rings. The second-order valence-electron chi connectivity index (χ2n) is 7.16. The molecule has 1 amide bonds. The molecule has 0 spiro atoms. The summed E-state index contributed by atoms with van der Waals surface area (Å²) < 4.78 is 18.5. The van der Waals surface area contributed by atoms with Crippen LogP contribution >= 0.6 is 0 Å². The molecule has 5 heteroatoms. The van der Waals surface area contributed by atoms with Crippen molar-refractivity contribution in [2.24, 2.45) is 11.8 Å². The van der Waals surface area contributed by atoms with Crippen LogP contribution in [0.15, 0.2) is 18.2 Å². The summed E-state index contributed by atoms with van der Waals surface area (Å²) >= 11 is 0. The van der Waals surface area contributed by atoms with Crippen LogP contribution in [-0.2, 0) is 17.6 Å². The zero-order chi connectivity index (χ0) is 16.0. The van der Waals surface area contributed by atoms with Crippen LogP contribution in [0.1, 0.15) is 30.4 Å². The molecule has 3 aliphatic carbocycles. The topological polar surface area (TPSA) is 58.6 Å². The Labute approximate surface area is 135 Å². The molecule has 0 aliphatic heterocycles. The van der Waals surface area contributed by atoms with E-state index < -0.39 is 6.17 Å². The number of rotatable bonds is 4. The van der Waals surface area contributed by atoms with E-state index in [4.69, 9.17) is 4.74 Å². The lowest BCUT2D eigenvalue weighted by molar-refractivity contribution is -0.123. The number of fused-ring (bicyclic) bond motifs is 2. The van der Waals surface area contributed by atoms with Crippen molar-refractivity contribution >= 4 is 5.91 Å². The van der Waals surface area contributed by atoms with E-state index >= 15 is 0 Å². The van der Waals surface area contributed by atoms with Gasteiger partial charge in [-0.2, -0.15) is 0 Å². The van der Waals surface area contributed by atoms with E-state index in [1.54, 1.807) is 0 Å². The number of halogens is 1. The number of hydrogen-bond donors (Lipinski definition) is 2. The van der Waals surface area contributed by atoms with Crippen molar-refractivity contribution in [2.45, 2.75) is 50.4 Å². The summed E-state index contributed by atoms with van der Waals surface area (Å²) in [5.41, 5.74) is 2.44. The van der Waals surface area contributed by atoms with Gasteiger partial charge in [-0.25, -0.2) is 4.39 Å². The Morgan fingerprint density at radius 2 is 2.00 bits per heavy atom. The monoisotopic (exact) mass is 319 g/mol. The molecule has 0 heterocycles. The molecule has 2 fully saturated rings. The minimum absolute atomic E-state index is 0.0730. The summed E-state index contributed by atoms with van der Waals surface area (Å²) in [6, 6.07) is 5.64. The van der Waals surface area contributed by atoms with Crippen LogP contribution in [0.2, 0.25) is 0 Å². The Morgan fingerprint density at radius 3 is 2.74 bits per heavy atom. The van der Waals surface area contributed by atoms with Crippen LogP contribution in [0.25, 0.3) is 0 Å². The molecule has 124 valence electrons. The van der Waals surface area contributed by atoms with E-state index in [0.717, 1.165) is 31.4 Å². The summed E-state index contributed by atoms with van der Waals surface area (Å²) in [6.07, 6.45) is 2.98. The highest BCUT2D eigenvalue weighted by Crippen LogP contribution is 2.43. The average molecular weight is 319 g/mol. The minimum atomic E-state index is -0.894. The highest BCUT2D eigenvalue weighted by Gasteiger charge is 2.39. The quantitative estimate of drug-likeness (QED) is 0.889. The third-order valence-corrected chi connectivity index (χ3v) is 5.41. The Kier molecular flexibility index (Phi) is 3.76. The minimum Gasteiger partial charge on any atom is -0.483 e. The molecule has 0 aromatic heterocycles. The number of alkyl halides is 1. The van der Waals surface area contributed by atoms with Gasteiger partial charge < -0.3 is 15.2 Å². The zero-order valence-corrected chi connectivity index (χ0v) is 13.0. The maximum absolute atomic E-state index is 12.8. The number of ether oxygens (including phenoxy) is 1. The first-order chi connectivity index (χ1) is 11.1. The summed E-state index contributed by atoms with van der Waals surface area (Å²) in [7, 11) is 0. The number of benzene rings is 1. The third-order valence-electron chi connectivity index (χ3n) is 5.41. The van der Waals surface area contributed by atoms with Gasteiger partial charge in [0.25, 0.3) is 5.91 Å². The first kappa shape index (κ1) is 14.9. The van der Waals surface area contributed by atoms with Crippen molar-refractivity contribution in [3.63, 3.8) is 0 Å². The molecule has 4 nitrogen and oxygen atoms in total. The van der Waals surface area contributed by atoms with Crippen LogP contribution in [0.3, 0.4) is 0 Å². The molecule has 0 radical (unpaired) electrons. The third kappa shape index (κ3) is 3.07. The fraction of sp³-hybridized carbons (Fsp3) is 0.611. The Bertz CT molecular complexity index is 620. The van der Waals surface area contributed by atoms with Gasteiger partial charge in [-0.1, -0.05) is 12.1 Å². The van der Waals surface area contributed by atoms with Crippen molar-refractivity contribution < 1.29 is 19.0 Å². The van der Waals surface area contributed by atoms with Gasteiger partial charge in [0.2, 0.25) is 0 Å². The lowest BCUT2D eigenvalue weighted by Crippen LogP contribution is -2.32. The molecule has 2 N–H and O–H groups in total. The van der Waals surface area contributed by atoms with Gasteiger partial charge in [-0.15, -0.1) is 0 Å². The SMILES string of the molecule is O=C(COc1cccc2c1CC1CC(O)CC1C2)NC1CC1F. The number of nitrogens with one attached hydrogen (secondary N) is 1. The normalized spacial score (nSPS) is 34.4. The van der Waals surface area contributed by atoms with Crippen LogP contribution in [0.5, 0.6) is 5.75 Å². The van der Waals surface area contributed by atoms with Crippen molar-refractivity contribution in [2.75, 3.05) is 6.61 Å². The standard InChI is InChI=1S/C18H22FNO3/c19-15-8-16(15)20-18(22)9-23-17-3-1-2-10-4-11-5-13(21)6-12(11)7-14(10)17/h1-3,11-13,15-16,21H,4-9H2,(H,20,22). The van der Waals surface area contributed by atoms with Crippen LogP contribution in [0.4, 0.5) is 4.39 Å². The van der Waals surface area contributed by atoms with Crippen molar-refractivity contribution in [3.05, 3.63) is 29.3 Å². The molecule has 0 saturated heterocycles. The van der Waals surface area contributed by atoms with E-state index in [1.165, 1.54) is 11.1 Å². The molecular weight excluding hydrogens is 297 g/mol. The molecule has 3 aliphatic rings. The molecule has 4 rings (SSSR count). The predicted octanol–water partition coefficient (Wildman–Crippen LogP) is 1.78. The van der Waals surface area contributed by atoms with Gasteiger partial charge in [0.05, 0.1) is 12.1 Å². The van der Waals surface area contributed by atoms with Crippen molar-refractivity contribution in [1.82, 2.24) is 5.32 Å². The zero-order valence-electron chi connectivity index (χ0n) is 13.0. The first-order valence-electron chi connectivity index (χ1n) is 8.45. The summed E-state index contributed by atoms with van der Waals surface area (Å²) in [5.74, 6) is 1.56. The van der Waals surface area contributed by atoms with Crippen molar-refractivity contribution in [3.8, 4) is 5.75 Å². The maximum atomic E-state index is 12.8. The number of amides is 1. The number of hydrogen-bond acceptors (Lipinski definition) is 3. The van der Waals surface area contributed by atoms with Gasteiger partial charge in [-0.3, -0.25) is 4.79 Å². The molecule has 5 atom stereocenters. The number of carbonyl (C=O) groups excluding carboxylic acids is 1. The van der Waals surface area contributed by atoms with Gasteiger partial charge in [0, 0.05) is 6.42 Å². The Morgan fingerprint density at radius 1 is 1.26 bits per heavy atom. The summed E-state index contributed by atoms with van der Waals surface area (Å²) in [5, 5.41) is 12.5. The maximum Gasteiger partial charge on any atom is 0.258 e. The van der Waals surface area contributed by atoms with Gasteiger partial charge >= 0.3 is 0 Å². The Hall–Kier alpha value is -1.62. The lowest BCUT2D eigenvalue weighted by Gasteiger charge is -2.28. The molecule has 23 heavy (non-hydrogen) atoms. The smallest absolute Gasteiger partial charge is 0.258 e. The predicted molar refractivity (Wildman–Crippen MR) is 83.0 cm³/mol. The van der Waals surface area contributed by atoms with E-state index in [9.17, 15) is 14.3 Å². The van der Waals surface area contributed by atoms with Gasteiger partial charge in [0.15, 0.2) is 6.61 Å². The fourth-order valence-corrected chi connectivity index (χ4v) is 4.10. The molecule has 5 unspecified atom stereocenters. The highest BCUT2D eigenvalue weighted by molar-refractivity contribution is 5.78. The van der Waals surface area contributed by atoms with E-state index in [-0.39, 0.29) is 24.7 Å². The van der Waals surface area contributed by atoms with Crippen LogP contribution in [-0.4, -0.2) is 35.9 Å². The van der Waals surface area contributed by atoms with Crippen LogP contribution < -0.4 is 10.1 Å². The second kappa shape index (κ2) is 5.78. The largest absolute Gasteiger partial charge is 0.483 e. The van der Waals surface area contributed by atoms with Crippen molar-refractivity contribution in [1.29, 1.82) is 0 Å². The highest BCUT2D eigenvalue weighted by atomic mass is 19.1. The van der Waals surface area contributed by atoms with E-state index in [1.807, 2.05) is 12.1 Å². The average Bonchev–Trinajstić information content (AvgIpc) is 3.06. The fourth-order valence-electron chi connectivity index (χ4n) is 4.10. The summed E-state index contributed by atoms with van der Waals surface area (Å²) in [6.45, 7) is -0.0730. The van der Waals surface area contributed by atoms with E-state index in [0.29, 0.717) is 18.3 Å². The first-order valence-corrected chi connectivity index (χ1v) is 8.45. The number of aliphatic hydroxyl groups is 1. The molecule has 2 saturated carbocycles. The number of carbonyl (C=O) groups is 1. The molecular formula is C18H22FNO3. The second-order valence-corrected chi connectivity index (χ2v) is 7.16. The summed E-state index contributed by atoms with van der Waals surface area (Å²) in [4.78, 5) is 11.8. The van der Waals surface area contributed by atoms with Gasteiger partial charge in [-0.05, 0) is 54.7 Å². The lowest BCUT2D eigenvalue weighted by atomic mass is 9.77. The number of aliphatic hydroxyl groups excluding tert-OH is 1. The molecule has 1 aromatic carbocycles. The Balaban J connectivity index is 1.42. The van der Waals surface area contributed by atoms with E-state index in [2.05, 4.69) is 11.4 Å².